The van der Waals surface area contributed by atoms with Crippen LogP contribution < -0.4 is 14.2 Å². The first-order valence-electron chi connectivity index (χ1n) is 17.9. The first kappa shape index (κ1) is 46.5. The number of rotatable bonds is 17. The summed E-state index contributed by atoms with van der Waals surface area (Å²) in [5.41, 5.74) is -1.05. The highest BCUT2D eigenvalue weighted by atomic mass is 32.2. The minimum absolute atomic E-state index is 0.00613. The Labute approximate surface area is 362 Å². The van der Waals surface area contributed by atoms with Gasteiger partial charge < -0.3 is 34.6 Å². The van der Waals surface area contributed by atoms with Crippen LogP contribution >= 0.6 is 0 Å². The highest BCUT2D eigenvalue weighted by Crippen LogP contribution is 2.46. The molecule has 1 aromatic heterocycles. The highest BCUT2D eigenvalue weighted by molar-refractivity contribution is 7.86. The Bertz CT molecular complexity index is 3200. The molecule has 0 aliphatic heterocycles. The van der Waals surface area contributed by atoms with Crippen molar-refractivity contribution in [3.05, 3.63) is 84.6 Å². The van der Waals surface area contributed by atoms with E-state index in [-0.39, 0.29) is 85.9 Å². The Hall–Kier alpha value is -6.98. The molecule has 5 aromatic carbocycles. The van der Waals surface area contributed by atoms with Crippen LogP contribution in [0.3, 0.4) is 0 Å². The number of hydrogen-bond donors (Lipinski definition) is 7. The third kappa shape index (κ3) is 10.4. The molecular formula is C37H34N8O16S3. The number of aliphatic hydroxyl groups excluding tert-OH is 2. The van der Waals surface area contributed by atoms with Crippen molar-refractivity contribution in [2.45, 2.75) is 21.6 Å². The molecule has 0 fully saturated rings. The van der Waals surface area contributed by atoms with Crippen molar-refractivity contribution in [1.82, 2.24) is 9.78 Å². The second kappa shape index (κ2) is 18.8. The summed E-state index contributed by atoms with van der Waals surface area (Å²) < 4.78 is 119. The quantitative estimate of drug-likeness (QED) is 0.0380. The Morgan fingerprint density at radius 1 is 0.625 bits per heavy atom. The summed E-state index contributed by atoms with van der Waals surface area (Å²) in [7, 11) is -13.1. The van der Waals surface area contributed by atoms with Crippen LogP contribution in [0.5, 0.6) is 28.9 Å². The molecule has 0 saturated carbocycles. The van der Waals surface area contributed by atoms with Gasteiger partial charge in [-0.1, -0.05) is 0 Å². The molecule has 0 atom stereocenters. The fourth-order valence-electron chi connectivity index (χ4n) is 5.72. The van der Waals surface area contributed by atoms with Crippen LogP contribution in [-0.4, -0.2) is 103 Å². The number of methoxy groups -OCH3 is 1. The number of phenols is 1. The second-order valence-electron chi connectivity index (χ2n) is 12.9. The molecule has 64 heavy (non-hydrogen) atoms. The molecule has 24 nitrogen and oxygen atoms in total. The summed E-state index contributed by atoms with van der Waals surface area (Å²) in [4.78, 5) is -1.93. The van der Waals surface area contributed by atoms with E-state index in [2.05, 4.69) is 35.8 Å². The van der Waals surface area contributed by atoms with Crippen LogP contribution in [-0.2, 0) is 30.4 Å². The molecule has 0 aliphatic rings. The number of aromatic hydroxyl groups is 2. The first-order chi connectivity index (χ1) is 30.2. The topological polar surface area (TPSA) is 364 Å². The van der Waals surface area contributed by atoms with Gasteiger partial charge in [0.1, 0.15) is 63.0 Å². The van der Waals surface area contributed by atoms with Crippen molar-refractivity contribution in [3.63, 3.8) is 0 Å². The average molecular weight is 943 g/mol. The number of phenolic OH excluding ortho intramolecular Hbond substituents is 1. The van der Waals surface area contributed by atoms with Gasteiger partial charge in [0.2, 0.25) is 5.88 Å². The smallest absolute Gasteiger partial charge is 0.296 e. The maximum atomic E-state index is 12.8. The van der Waals surface area contributed by atoms with Crippen LogP contribution in [0.2, 0.25) is 0 Å². The summed E-state index contributed by atoms with van der Waals surface area (Å²) >= 11 is 0. The summed E-state index contributed by atoms with van der Waals surface area (Å²) in [6.45, 7) is -0.136. The number of nitrogens with zero attached hydrogens (tertiary/aromatic N) is 8. The van der Waals surface area contributed by atoms with E-state index in [0.717, 1.165) is 35.0 Å². The number of fused-ring (bicyclic) bond motifs is 1. The van der Waals surface area contributed by atoms with Crippen LogP contribution in [0, 0.1) is 6.92 Å². The van der Waals surface area contributed by atoms with Gasteiger partial charge >= 0.3 is 0 Å². The number of azo groups is 3. The summed E-state index contributed by atoms with van der Waals surface area (Å²) in [5.74, 6) is -1.55. The van der Waals surface area contributed by atoms with E-state index in [1.807, 2.05) is 0 Å². The van der Waals surface area contributed by atoms with E-state index in [1.54, 1.807) is 0 Å². The molecule has 6 aromatic rings. The summed E-state index contributed by atoms with van der Waals surface area (Å²) in [6, 6.07) is 15.6. The number of aromatic nitrogens is 2. The zero-order valence-electron chi connectivity index (χ0n) is 32.9. The third-order valence-corrected chi connectivity index (χ3v) is 11.3. The Balaban J connectivity index is 1.40. The highest BCUT2D eigenvalue weighted by Gasteiger charge is 2.24. The van der Waals surface area contributed by atoms with Gasteiger partial charge in [-0.2, -0.15) is 40.1 Å². The molecule has 0 saturated heterocycles. The average Bonchev–Trinajstić information content (AvgIpc) is 3.53. The lowest BCUT2D eigenvalue weighted by atomic mass is 10.1. The predicted molar refractivity (Wildman–Crippen MR) is 222 cm³/mol. The number of aryl methyl sites for hydroxylation is 1. The largest absolute Gasteiger partial charge is 0.505 e. The molecule has 0 radical (unpaired) electrons. The maximum absolute atomic E-state index is 12.8. The first-order valence-corrected chi connectivity index (χ1v) is 22.2. The van der Waals surface area contributed by atoms with E-state index >= 15 is 0 Å². The second-order valence-corrected chi connectivity index (χ2v) is 17.1. The van der Waals surface area contributed by atoms with Crippen LogP contribution in [0.1, 0.15) is 5.69 Å². The van der Waals surface area contributed by atoms with Gasteiger partial charge in [-0.05, 0) is 73.0 Å². The number of ether oxygens (including phenoxy) is 3. The monoisotopic (exact) mass is 942 g/mol. The zero-order chi connectivity index (χ0) is 46.6. The third-order valence-electron chi connectivity index (χ3n) is 8.67. The molecule has 0 aliphatic carbocycles. The molecule has 1 heterocycles. The minimum Gasteiger partial charge on any atom is -0.505 e. The van der Waals surface area contributed by atoms with Gasteiger partial charge in [0.15, 0.2) is 11.4 Å². The molecule has 336 valence electrons. The van der Waals surface area contributed by atoms with Crippen molar-refractivity contribution >= 4 is 75.3 Å². The molecule has 0 spiro atoms. The Morgan fingerprint density at radius 2 is 1.20 bits per heavy atom. The normalized spacial score (nSPS) is 12.5. The molecule has 0 amide bonds. The van der Waals surface area contributed by atoms with Crippen LogP contribution in [0.15, 0.2) is 124 Å². The molecule has 0 unspecified atom stereocenters. The summed E-state index contributed by atoms with van der Waals surface area (Å²) in [6.07, 6.45) is 0. The van der Waals surface area contributed by atoms with Crippen LogP contribution in [0.4, 0.5) is 34.1 Å². The van der Waals surface area contributed by atoms with E-state index in [0.29, 0.717) is 0 Å². The van der Waals surface area contributed by atoms with Gasteiger partial charge in [0.25, 0.3) is 30.4 Å². The number of aliphatic hydroxyl groups is 2. The summed E-state index contributed by atoms with van der Waals surface area (Å²) in [5, 5.41) is 69.6. The lowest BCUT2D eigenvalue weighted by molar-refractivity contribution is 0.198. The van der Waals surface area contributed by atoms with Crippen LogP contribution in [0.25, 0.3) is 16.5 Å². The van der Waals surface area contributed by atoms with E-state index in [1.165, 1.54) is 62.6 Å². The Kier molecular flexibility index (Phi) is 13.7. The number of hydrogen-bond acceptors (Lipinski definition) is 20. The van der Waals surface area contributed by atoms with Gasteiger partial charge in [0, 0.05) is 23.6 Å². The predicted octanol–water partition coefficient (Wildman–Crippen LogP) is 6.48. The Morgan fingerprint density at radius 3 is 1.77 bits per heavy atom. The van der Waals surface area contributed by atoms with Gasteiger partial charge in [-0.15, -0.1) is 25.6 Å². The van der Waals surface area contributed by atoms with E-state index in [4.69, 9.17) is 14.2 Å². The van der Waals surface area contributed by atoms with Crippen molar-refractivity contribution in [3.8, 4) is 34.6 Å². The zero-order valence-corrected chi connectivity index (χ0v) is 35.4. The molecule has 27 heteroatoms. The standard InChI is InChI=1S/C37H34N8O16S3/c1-20-34(42-38-22-3-7-25(8-4-22)62(50,51)52)37(49)45(44-20)23-5-9-26-21(15-23)16-33(64(56,57)58)35(36(26)48)43-41-29-19-30(60-13-11-46)28(18-31(29)61-14-12-47)40-39-27-10-6-24(59-2)17-32(27)63(53,54)55/h3-10,15-19,46-49H,11-14H2,1-2H3,(H,50,51,52)(H,53,54,55)(H,56,57,58). The van der Waals surface area contributed by atoms with Gasteiger partial charge in [-0.3, -0.25) is 13.7 Å². The van der Waals surface area contributed by atoms with Crippen molar-refractivity contribution in [2.24, 2.45) is 30.7 Å². The van der Waals surface area contributed by atoms with Crippen molar-refractivity contribution in [2.75, 3.05) is 33.5 Å². The fraction of sp³-hybridized carbons (Fsp3) is 0.162. The SMILES string of the molecule is COc1ccc(N=Nc2cc(OCCO)c(N=Nc3c(S(=O)(=O)O)cc4cc(-n5nc(C)c(N=Nc6ccc(S(=O)(=O)O)cc6)c5O)ccc4c3O)cc2OCCO)c(S(=O)(=O)O)c1. The van der Waals surface area contributed by atoms with E-state index in [9.17, 15) is 59.3 Å². The lowest BCUT2D eigenvalue weighted by Crippen LogP contribution is -2.04. The van der Waals surface area contributed by atoms with Gasteiger partial charge in [-0.25, -0.2) is 0 Å². The molecule has 6 rings (SSSR count). The molecule has 7 N–H and O–H groups in total. The number of benzene rings is 5. The van der Waals surface area contributed by atoms with Crippen molar-refractivity contribution < 1.29 is 73.5 Å². The molecular weight excluding hydrogens is 909 g/mol. The van der Waals surface area contributed by atoms with Gasteiger partial charge in [0.05, 0.1) is 42.3 Å². The van der Waals surface area contributed by atoms with E-state index < -0.39 is 70.7 Å². The maximum Gasteiger partial charge on any atom is 0.296 e. The van der Waals surface area contributed by atoms with Crippen molar-refractivity contribution in [1.29, 1.82) is 0 Å². The lowest BCUT2D eigenvalue weighted by Gasteiger charge is -2.13. The molecule has 0 bridgehead atoms. The fourth-order valence-corrected chi connectivity index (χ4v) is 7.50. The minimum atomic E-state index is -5.16.